The van der Waals surface area contributed by atoms with Gasteiger partial charge in [-0.2, -0.15) is 0 Å². The van der Waals surface area contributed by atoms with E-state index < -0.39 is 0 Å². The molecular weight excluding hydrogens is 356 g/mol. The highest BCUT2D eigenvalue weighted by atomic mass is 16.5. The molecule has 3 aromatic rings. The first-order valence-electron chi connectivity index (χ1n) is 9.02. The van der Waals surface area contributed by atoms with Gasteiger partial charge in [0.2, 0.25) is 0 Å². The average Bonchev–Trinajstić information content (AvgIpc) is 2.74. The Morgan fingerprint density at radius 2 is 2.11 bits per heavy atom. The normalized spacial score (nSPS) is 13.4. The monoisotopic (exact) mass is 376 g/mol. The number of amides is 2. The maximum atomic E-state index is 12.5. The van der Waals surface area contributed by atoms with Gasteiger partial charge in [0.1, 0.15) is 11.6 Å². The van der Waals surface area contributed by atoms with Gasteiger partial charge in [-0.15, -0.1) is 0 Å². The Kier molecular flexibility index (Phi) is 5.05. The van der Waals surface area contributed by atoms with Gasteiger partial charge in [0.25, 0.3) is 0 Å². The molecule has 142 valence electrons. The summed E-state index contributed by atoms with van der Waals surface area (Å²) in [5.74, 6) is 1.19. The summed E-state index contributed by atoms with van der Waals surface area (Å²) in [5, 5.41) is 6.47. The van der Waals surface area contributed by atoms with Crippen LogP contribution < -0.4 is 15.4 Å². The first-order valence-corrected chi connectivity index (χ1v) is 9.02. The minimum absolute atomic E-state index is 0.373. The van der Waals surface area contributed by atoms with Crippen molar-refractivity contribution in [1.82, 2.24) is 9.97 Å². The molecule has 0 atom stereocenters. The van der Waals surface area contributed by atoms with Crippen LogP contribution in [0.4, 0.5) is 16.3 Å². The number of carbonyl (C=O) groups excluding carboxylic acids is 1. The van der Waals surface area contributed by atoms with E-state index in [1.807, 2.05) is 30.3 Å². The van der Waals surface area contributed by atoms with E-state index in [-0.39, 0.29) is 6.03 Å². The Bertz CT molecular complexity index is 1050. The number of pyridine rings is 2. The molecule has 1 aliphatic rings. The zero-order valence-corrected chi connectivity index (χ0v) is 15.4. The van der Waals surface area contributed by atoms with Crippen molar-refractivity contribution in [1.29, 1.82) is 0 Å². The molecule has 0 radical (unpaired) electrons. The minimum atomic E-state index is -0.373. The third-order valence-electron chi connectivity index (χ3n) is 4.45. The van der Waals surface area contributed by atoms with Crippen molar-refractivity contribution in [2.45, 2.75) is 12.8 Å². The second kappa shape index (κ2) is 7.96. The van der Waals surface area contributed by atoms with E-state index in [4.69, 9.17) is 9.47 Å². The van der Waals surface area contributed by atoms with Crippen molar-refractivity contribution in [3.8, 4) is 5.75 Å². The fourth-order valence-electron chi connectivity index (χ4n) is 3.07. The van der Waals surface area contributed by atoms with Gasteiger partial charge in [0, 0.05) is 23.2 Å². The molecule has 28 heavy (non-hydrogen) atoms. The van der Waals surface area contributed by atoms with Crippen molar-refractivity contribution >= 4 is 34.0 Å². The minimum Gasteiger partial charge on any atom is -0.501 e. The van der Waals surface area contributed by atoms with Gasteiger partial charge < -0.3 is 14.8 Å². The summed E-state index contributed by atoms with van der Waals surface area (Å²) in [6.07, 6.45) is 5.26. The first kappa shape index (κ1) is 17.8. The van der Waals surface area contributed by atoms with Gasteiger partial charge in [-0.1, -0.05) is 6.07 Å². The molecule has 7 nitrogen and oxygen atoms in total. The molecule has 7 heteroatoms. The predicted molar refractivity (Wildman–Crippen MR) is 108 cm³/mol. The van der Waals surface area contributed by atoms with E-state index in [9.17, 15) is 4.79 Å². The van der Waals surface area contributed by atoms with Crippen LogP contribution in [0.1, 0.15) is 18.5 Å². The smallest absolute Gasteiger partial charge is 0.324 e. The number of allylic oxidation sites excluding steroid dienone is 1. The van der Waals surface area contributed by atoms with E-state index in [2.05, 4.69) is 20.6 Å². The molecule has 0 saturated carbocycles. The van der Waals surface area contributed by atoms with Crippen LogP contribution >= 0.6 is 0 Å². The van der Waals surface area contributed by atoms with Crippen LogP contribution in [0.3, 0.4) is 0 Å². The molecule has 2 aromatic heterocycles. The van der Waals surface area contributed by atoms with Gasteiger partial charge in [-0.3, -0.25) is 10.3 Å². The van der Waals surface area contributed by atoms with E-state index in [1.54, 1.807) is 31.7 Å². The number of benzene rings is 1. The highest BCUT2D eigenvalue weighted by Crippen LogP contribution is 2.26. The van der Waals surface area contributed by atoms with Crippen LogP contribution in [0, 0.1) is 0 Å². The Labute approximate surface area is 162 Å². The molecule has 0 unspecified atom stereocenters. The van der Waals surface area contributed by atoms with Crippen molar-refractivity contribution in [3.05, 3.63) is 60.6 Å². The molecule has 4 rings (SSSR count). The third-order valence-corrected chi connectivity index (χ3v) is 4.45. The van der Waals surface area contributed by atoms with Crippen molar-refractivity contribution < 1.29 is 14.3 Å². The van der Waals surface area contributed by atoms with Crippen molar-refractivity contribution in [3.63, 3.8) is 0 Å². The lowest BCUT2D eigenvalue weighted by atomic mass is 10.1. The highest BCUT2D eigenvalue weighted by molar-refractivity contribution is 6.05. The number of carbonyl (C=O) groups is 1. The largest absolute Gasteiger partial charge is 0.501 e. The molecule has 0 bridgehead atoms. The number of urea groups is 1. The summed E-state index contributed by atoms with van der Waals surface area (Å²) < 4.78 is 10.6. The van der Waals surface area contributed by atoms with Gasteiger partial charge in [-0.25, -0.2) is 9.78 Å². The molecular formula is C21H20N4O3. The predicted octanol–water partition coefficient (Wildman–Crippen LogP) is 4.43. The van der Waals surface area contributed by atoms with Gasteiger partial charge in [0.15, 0.2) is 0 Å². The van der Waals surface area contributed by atoms with Crippen LogP contribution in [0.25, 0.3) is 16.5 Å². The molecule has 0 spiro atoms. The van der Waals surface area contributed by atoms with Gasteiger partial charge in [0.05, 0.1) is 36.9 Å². The Morgan fingerprint density at radius 3 is 2.93 bits per heavy atom. The quantitative estimate of drug-likeness (QED) is 0.703. The maximum Gasteiger partial charge on any atom is 0.324 e. The summed E-state index contributed by atoms with van der Waals surface area (Å²) in [6, 6.07) is 12.4. The van der Waals surface area contributed by atoms with Crippen molar-refractivity contribution in [2.75, 3.05) is 24.4 Å². The molecule has 3 heterocycles. The van der Waals surface area contributed by atoms with E-state index in [1.165, 1.54) is 0 Å². The number of rotatable bonds is 4. The second-order valence-electron chi connectivity index (χ2n) is 6.35. The highest BCUT2D eigenvalue weighted by Gasteiger charge is 2.11. The van der Waals surface area contributed by atoms with Crippen LogP contribution in [0.5, 0.6) is 5.75 Å². The Balaban J connectivity index is 1.51. The maximum absolute atomic E-state index is 12.5. The molecule has 1 aliphatic heterocycles. The van der Waals surface area contributed by atoms with Gasteiger partial charge >= 0.3 is 6.03 Å². The summed E-state index contributed by atoms with van der Waals surface area (Å²) in [6.45, 7) is 0.732. The fourth-order valence-corrected chi connectivity index (χ4v) is 3.07. The molecule has 0 aliphatic carbocycles. The van der Waals surface area contributed by atoms with E-state index in [0.717, 1.165) is 41.6 Å². The summed E-state index contributed by atoms with van der Waals surface area (Å²) in [4.78, 5) is 21.3. The van der Waals surface area contributed by atoms with Gasteiger partial charge in [-0.05, 0) is 43.2 Å². The average molecular weight is 376 g/mol. The lowest BCUT2D eigenvalue weighted by Crippen LogP contribution is -2.20. The number of ether oxygens (including phenoxy) is 2. The number of aromatic nitrogens is 2. The van der Waals surface area contributed by atoms with Crippen molar-refractivity contribution in [2.24, 2.45) is 0 Å². The number of nitrogens with zero attached hydrogens (tertiary/aromatic N) is 2. The van der Waals surface area contributed by atoms with Crippen LogP contribution in [-0.2, 0) is 4.74 Å². The Hall–Kier alpha value is -3.61. The summed E-state index contributed by atoms with van der Waals surface area (Å²) >= 11 is 0. The standard InChI is InChI=1S/C21H20N4O3/c1-27-15-7-8-16-18(9-10-22-19(16)12-15)24-21(26)25-20-6-2-5-17(23-20)14-4-3-11-28-13-14/h2,5-10,12-13H,3-4,11H2,1H3,(H2,22,23,24,25,26). The van der Waals surface area contributed by atoms with Crippen LogP contribution in [-0.4, -0.2) is 29.7 Å². The van der Waals surface area contributed by atoms with E-state index >= 15 is 0 Å². The fraction of sp³-hybridized carbons (Fsp3) is 0.190. The topological polar surface area (TPSA) is 85.4 Å². The number of anilines is 2. The lowest BCUT2D eigenvalue weighted by Gasteiger charge is -2.14. The number of hydrogen-bond acceptors (Lipinski definition) is 5. The number of fused-ring (bicyclic) bond motifs is 1. The van der Waals surface area contributed by atoms with Crippen LogP contribution in [0.15, 0.2) is 54.9 Å². The molecule has 0 fully saturated rings. The molecule has 1 aromatic carbocycles. The molecule has 0 saturated heterocycles. The summed E-state index contributed by atoms with van der Waals surface area (Å²) in [5.41, 5.74) is 3.23. The SMILES string of the molecule is COc1ccc2c(NC(=O)Nc3cccc(C4=COCCC4)n3)ccnc2c1. The summed E-state index contributed by atoms with van der Waals surface area (Å²) in [7, 11) is 1.60. The molecule has 2 amide bonds. The number of hydrogen-bond donors (Lipinski definition) is 2. The zero-order valence-electron chi connectivity index (χ0n) is 15.4. The van der Waals surface area contributed by atoms with E-state index in [0.29, 0.717) is 17.3 Å². The molecule has 2 N–H and O–H groups in total. The number of nitrogens with one attached hydrogen (secondary N) is 2. The lowest BCUT2D eigenvalue weighted by molar-refractivity contribution is 0.235. The third kappa shape index (κ3) is 3.88. The zero-order chi connectivity index (χ0) is 19.3. The second-order valence-corrected chi connectivity index (χ2v) is 6.35. The van der Waals surface area contributed by atoms with Crippen LogP contribution in [0.2, 0.25) is 0 Å². The Morgan fingerprint density at radius 1 is 1.18 bits per heavy atom. The first-order chi connectivity index (χ1) is 13.7. The number of methoxy groups -OCH3 is 1.